The van der Waals surface area contributed by atoms with Gasteiger partial charge in [-0.15, -0.1) is 0 Å². The van der Waals surface area contributed by atoms with E-state index in [2.05, 4.69) is 0 Å². The minimum Gasteiger partial charge on any atom is -0.478 e. The van der Waals surface area contributed by atoms with Gasteiger partial charge in [-0.2, -0.15) is 13.2 Å². The van der Waals surface area contributed by atoms with Crippen LogP contribution in [0.5, 0.6) is 0 Å². The van der Waals surface area contributed by atoms with Crippen LogP contribution in [0.15, 0.2) is 48.7 Å². The van der Waals surface area contributed by atoms with Crippen molar-refractivity contribution in [2.45, 2.75) is 31.9 Å². The van der Waals surface area contributed by atoms with Crippen LogP contribution in [0, 0.1) is 5.92 Å². The van der Waals surface area contributed by atoms with Gasteiger partial charge in [0.2, 0.25) is 5.91 Å². The number of ketones is 1. The molecule has 1 unspecified atom stereocenters. The normalized spacial score (nSPS) is 17.2. The minimum atomic E-state index is -4.79. The molecule has 0 saturated carbocycles. The van der Waals surface area contributed by atoms with Crippen LogP contribution in [0.25, 0.3) is 5.69 Å². The number of carbonyl (C=O) groups is 3. The molecular formula is C27H22ClF3N2O4. The molecule has 2 heterocycles. The predicted octanol–water partition coefficient (Wildman–Crippen LogP) is 5.42. The fraction of sp³-hybridized carbons (Fsp3) is 0.296. The molecule has 192 valence electrons. The van der Waals surface area contributed by atoms with E-state index in [9.17, 15) is 32.7 Å². The van der Waals surface area contributed by atoms with Crippen molar-refractivity contribution in [1.82, 2.24) is 9.47 Å². The van der Waals surface area contributed by atoms with E-state index in [-0.39, 0.29) is 34.4 Å². The van der Waals surface area contributed by atoms with E-state index in [0.717, 1.165) is 18.6 Å². The van der Waals surface area contributed by atoms with Gasteiger partial charge < -0.3 is 14.6 Å². The molecule has 2 aliphatic rings. The van der Waals surface area contributed by atoms with Crippen LogP contribution in [0.1, 0.15) is 55.9 Å². The van der Waals surface area contributed by atoms with Gasteiger partial charge in [0.25, 0.3) is 0 Å². The topological polar surface area (TPSA) is 79.6 Å². The number of amides is 1. The molecule has 1 aliphatic carbocycles. The third-order valence-corrected chi connectivity index (χ3v) is 7.42. The number of alkyl halides is 3. The summed E-state index contributed by atoms with van der Waals surface area (Å²) in [5.74, 6) is -2.35. The Morgan fingerprint density at radius 3 is 2.32 bits per heavy atom. The van der Waals surface area contributed by atoms with Crippen molar-refractivity contribution in [3.8, 4) is 5.69 Å². The number of rotatable bonds is 5. The third kappa shape index (κ3) is 4.52. The van der Waals surface area contributed by atoms with Crippen LogP contribution in [0.4, 0.5) is 13.2 Å². The number of carboxylic acids is 1. The van der Waals surface area contributed by atoms with Crippen LogP contribution < -0.4 is 0 Å². The molecule has 2 aromatic carbocycles. The minimum absolute atomic E-state index is 0.0115. The molecule has 3 aromatic rings. The Hall–Kier alpha value is -3.59. The second-order valence-corrected chi connectivity index (χ2v) is 9.71. The monoisotopic (exact) mass is 530 g/mol. The summed E-state index contributed by atoms with van der Waals surface area (Å²) in [4.78, 5) is 39.7. The van der Waals surface area contributed by atoms with Gasteiger partial charge in [0.15, 0.2) is 5.78 Å². The molecule has 1 aromatic heterocycles. The van der Waals surface area contributed by atoms with Gasteiger partial charge in [-0.25, -0.2) is 4.79 Å². The van der Waals surface area contributed by atoms with Crippen molar-refractivity contribution in [2.24, 2.45) is 5.92 Å². The van der Waals surface area contributed by atoms with E-state index in [1.807, 2.05) is 0 Å². The Balaban J connectivity index is 1.63. The van der Waals surface area contributed by atoms with Gasteiger partial charge >= 0.3 is 12.1 Å². The molecule has 5 rings (SSSR count). The highest BCUT2D eigenvalue weighted by Gasteiger charge is 2.39. The van der Waals surface area contributed by atoms with Gasteiger partial charge in [0.1, 0.15) is 0 Å². The molecule has 1 amide bonds. The lowest BCUT2D eigenvalue weighted by molar-refractivity contribution is -0.139. The Bertz CT molecular complexity index is 1410. The van der Waals surface area contributed by atoms with E-state index in [1.54, 1.807) is 21.6 Å². The van der Waals surface area contributed by atoms with E-state index in [0.29, 0.717) is 42.9 Å². The maximum Gasteiger partial charge on any atom is 0.417 e. The average molecular weight is 531 g/mol. The summed E-state index contributed by atoms with van der Waals surface area (Å²) in [6, 6.07) is 9.20. The summed E-state index contributed by atoms with van der Waals surface area (Å²) in [6.45, 7) is 1.36. The quantitative estimate of drug-likeness (QED) is 0.447. The molecule has 1 N–H and O–H groups in total. The van der Waals surface area contributed by atoms with Gasteiger partial charge in [-0.1, -0.05) is 17.7 Å². The van der Waals surface area contributed by atoms with Crippen LogP contribution >= 0.6 is 11.6 Å². The molecule has 1 fully saturated rings. The molecular weight excluding hydrogens is 509 g/mol. The number of likely N-dealkylation sites (tertiary alicyclic amines) is 1. The number of fused-ring (bicyclic) bond motifs is 1. The molecule has 1 saturated heterocycles. The number of nitrogens with zero attached hydrogens (tertiary/aromatic N) is 2. The van der Waals surface area contributed by atoms with Gasteiger partial charge in [-0.3, -0.25) is 9.59 Å². The Labute approximate surface area is 215 Å². The lowest BCUT2D eigenvalue weighted by Crippen LogP contribution is -2.46. The smallest absolute Gasteiger partial charge is 0.417 e. The number of benzene rings is 2. The predicted molar refractivity (Wildman–Crippen MR) is 129 cm³/mol. The van der Waals surface area contributed by atoms with Crippen molar-refractivity contribution in [2.75, 3.05) is 13.1 Å². The zero-order chi connectivity index (χ0) is 26.5. The van der Waals surface area contributed by atoms with Crippen molar-refractivity contribution in [3.63, 3.8) is 0 Å². The van der Waals surface area contributed by atoms with E-state index < -0.39 is 29.1 Å². The average Bonchev–Trinajstić information content (AvgIpc) is 3.20. The highest BCUT2D eigenvalue weighted by atomic mass is 35.5. The Morgan fingerprint density at radius 1 is 1.03 bits per heavy atom. The fourth-order valence-corrected chi connectivity index (χ4v) is 5.33. The van der Waals surface area contributed by atoms with E-state index in [4.69, 9.17) is 11.6 Å². The van der Waals surface area contributed by atoms with Crippen LogP contribution in [0.2, 0.25) is 5.02 Å². The summed E-state index contributed by atoms with van der Waals surface area (Å²) in [7, 11) is 0. The van der Waals surface area contributed by atoms with Gasteiger partial charge in [0.05, 0.1) is 21.7 Å². The summed E-state index contributed by atoms with van der Waals surface area (Å²) in [5, 5.41) is 8.91. The Kier molecular flexibility index (Phi) is 6.35. The van der Waals surface area contributed by atoms with Crippen molar-refractivity contribution in [3.05, 3.63) is 87.2 Å². The molecule has 37 heavy (non-hydrogen) atoms. The summed E-state index contributed by atoms with van der Waals surface area (Å²) >= 11 is 6.14. The number of hydrogen-bond donors (Lipinski definition) is 1. The number of hydrogen-bond acceptors (Lipinski definition) is 3. The molecule has 1 aliphatic heterocycles. The first-order valence-corrected chi connectivity index (χ1v) is 12.2. The number of carbonyl (C=O) groups excluding carboxylic acids is 2. The number of carboxylic acid groups (broad SMARTS) is 1. The lowest BCUT2D eigenvalue weighted by Gasteiger charge is -2.35. The lowest BCUT2D eigenvalue weighted by atomic mass is 9.83. The molecule has 6 nitrogen and oxygen atoms in total. The number of halogens is 4. The number of aromatic nitrogens is 1. The molecule has 0 radical (unpaired) electrons. The van der Waals surface area contributed by atoms with Gasteiger partial charge in [0, 0.05) is 42.1 Å². The zero-order valence-electron chi connectivity index (χ0n) is 19.5. The SMILES string of the molecule is O=C(O)c1ccc(-n2cc(C(=O)c3c(Cl)cccc3C(F)(F)F)c3c2CCC(C(=O)N2CCC2)C3)cc1. The van der Waals surface area contributed by atoms with Crippen molar-refractivity contribution < 1.29 is 32.7 Å². The second kappa shape index (κ2) is 9.37. The van der Waals surface area contributed by atoms with Crippen LogP contribution in [0.3, 0.4) is 0 Å². The van der Waals surface area contributed by atoms with E-state index in [1.165, 1.54) is 24.4 Å². The zero-order valence-corrected chi connectivity index (χ0v) is 20.3. The highest BCUT2D eigenvalue weighted by molar-refractivity contribution is 6.35. The maximum atomic E-state index is 13.8. The summed E-state index contributed by atoms with van der Waals surface area (Å²) in [5.41, 5.74) is 0.160. The fourth-order valence-electron chi connectivity index (χ4n) is 5.07. The first kappa shape index (κ1) is 25.1. The van der Waals surface area contributed by atoms with Crippen LogP contribution in [-0.2, 0) is 23.8 Å². The molecule has 0 spiro atoms. The third-order valence-electron chi connectivity index (χ3n) is 7.10. The standard InChI is InChI=1S/C27H22ClF3N2O4/c28-21-4-1-3-20(27(29,30)31)23(21)24(34)19-14-33(17-8-5-15(6-9-17)26(36)37)22-10-7-16(13-18(19)22)25(35)32-11-2-12-32/h1,3-6,8-9,14,16H,2,7,10-13H2,(H,36,37). The highest BCUT2D eigenvalue weighted by Crippen LogP contribution is 2.39. The number of aromatic carboxylic acids is 1. The largest absolute Gasteiger partial charge is 0.478 e. The van der Waals surface area contributed by atoms with Crippen molar-refractivity contribution in [1.29, 1.82) is 0 Å². The first-order chi connectivity index (χ1) is 17.6. The van der Waals surface area contributed by atoms with Gasteiger partial charge in [-0.05, 0) is 67.6 Å². The Morgan fingerprint density at radius 2 is 1.73 bits per heavy atom. The maximum absolute atomic E-state index is 13.8. The molecule has 10 heteroatoms. The summed E-state index contributed by atoms with van der Waals surface area (Å²) < 4.78 is 43.1. The first-order valence-electron chi connectivity index (χ1n) is 11.8. The molecule has 1 atom stereocenters. The molecule has 0 bridgehead atoms. The van der Waals surface area contributed by atoms with Crippen molar-refractivity contribution >= 4 is 29.3 Å². The van der Waals surface area contributed by atoms with Crippen LogP contribution in [-0.4, -0.2) is 45.3 Å². The summed E-state index contributed by atoms with van der Waals surface area (Å²) in [6.07, 6.45) is -1.19. The van der Waals surface area contributed by atoms with E-state index >= 15 is 0 Å². The second-order valence-electron chi connectivity index (χ2n) is 9.30.